The number of aryl methyl sites for hydroxylation is 1. The number of nitrogens with zero attached hydrogens (tertiary/aromatic N) is 3. The van der Waals surface area contributed by atoms with Crippen molar-refractivity contribution in [2.24, 2.45) is 0 Å². The van der Waals surface area contributed by atoms with Crippen LogP contribution in [-0.4, -0.2) is 46.7 Å². The van der Waals surface area contributed by atoms with Gasteiger partial charge in [-0.2, -0.15) is 0 Å². The molecule has 0 radical (unpaired) electrons. The van der Waals surface area contributed by atoms with Gasteiger partial charge >= 0.3 is 6.09 Å². The summed E-state index contributed by atoms with van der Waals surface area (Å²) in [7, 11) is 0. The molecule has 1 aromatic heterocycles. The minimum absolute atomic E-state index is 0.223. The second-order valence-electron chi connectivity index (χ2n) is 7.71. The molecule has 29 heavy (non-hydrogen) atoms. The Morgan fingerprint density at radius 1 is 1.24 bits per heavy atom. The monoisotopic (exact) mass is 397 g/mol. The number of rotatable bonds is 6. The molecule has 2 aromatic rings. The van der Waals surface area contributed by atoms with Gasteiger partial charge in [-0.15, -0.1) is 0 Å². The lowest BCUT2D eigenvalue weighted by Gasteiger charge is -2.31. The lowest BCUT2D eigenvalue weighted by molar-refractivity contribution is 0.0983. The van der Waals surface area contributed by atoms with E-state index in [2.05, 4.69) is 59.6 Å². The number of anilines is 3. The Morgan fingerprint density at radius 3 is 2.66 bits per heavy atom. The molecule has 0 unspecified atom stereocenters. The van der Waals surface area contributed by atoms with E-state index < -0.39 is 0 Å². The highest BCUT2D eigenvalue weighted by molar-refractivity contribution is 5.68. The van der Waals surface area contributed by atoms with E-state index in [9.17, 15) is 4.79 Å². The number of carbonyl (C=O) groups is 1. The number of hydrogen-bond donors (Lipinski definition) is 2. The number of likely N-dealkylation sites (tertiary alicyclic amines) is 1. The van der Waals surface area contributed by atoms with E-state index in [-0.39, 0.29) is 12.1 Å². The molecule has 0 bridgehead atoms. The number of para-hydroxylation sites is 1. The Bertz CT molecular complexity index is 832. The van der Waals surface area contributed by atoms with Gasteiger partial charge in [0.2, 0.25) is 0 Å². The molecule has 1 amide bonds. The van der Waals surface area contributed by atoms with Crippen LogP contribution in [0.3, 0.4) is 0 Å². The highest BCUT2D eigenvalue weighted by Gasteiger charge is 2.23. The number of carbonyl (C=O) groups excluding carboxylic acids is 1. The van der Waals surface area contributed by atoms with Crippen molar-refractivity contribution in [2.45, 2.75) is 52.5 Å². The minimum Gasteiger partial charge on any atom is -0.450 e. The second kappa shape index (κ2) is 9.58. The highest BCUT2D eigenvalue weighted by Crippen LogP contribution is 2.30. The van der Waals surface area contributed by atoms with Crippen LogP contribution in [0, 0.1) is 6.92 Å². The van der Waals surface area contributed by atoms with E-state index in [4.69, 9.17) is 4.74 Å². The van der Waals surface area contributed by atoms with E-state index in [0.29, 0.717) is 25.6 Å². The zero-order valence-electron chi connectivity index (χ0n) is 17.7. The predicted octanol–water partition coefficient (Wildman–Crippen LogP) is 4.68. The lowest BCUT2D eigenvalue weighted by atomic mass is 9.98. The molecule has 2 N–H and O–H groups in total. The van der Waals surface area contributed by atoms with Crippen molar-refractivity contribution in [3.8, 4) is 0 Å². The standard InChI is InChI=1S/C22H31N5O2/c1-5-29-22(28)27-11-9-17(10-12-27)25-19-13-20(24-14-23-19)26-21-16(4)7-6-8-18(21)15(2)3/h6-8,13-15,17H,5,9-12H2,1-4H3,(H2,23,24,25,26). The molecule has 1 aliphatic heterocycles. The topological polar surface area (TPSA) is 79.4 Å². The van der Waals surface area contributed by atoms with Crippen molar-refractivity contribution in [3.63, 3.8) is 0 Å². The zero-order valence-corrected chi connectivity index (χ0v) is 17.7. The first-order valence-corrected chi connectivity index (χ1v) is 10.3. The smallest absolute Gasteiger partial charge is 0.409 e. The fourth-order valence-electron chi connectivity index (χ4n) is 3.61. The molecule has 1 aliphatic rings. The average molecular weight is 398 g/mol. The summed E-state index contributed by atoms with van der Waals surface area (Å²) in [5.74, 6) is 1.97. The van der Waals surface area contributed by atoms with Crippen molar-refractivity contribution < 1.29 is 9.53 Å². The summed E-state index contributed by atoms with van der Waals surface area (Å²) >= 11 is 0. The molecule has 7 heteroatoms. The molecule has 2 heterocycles. The summed E-state index contributed by atoms with van der Waals surface area (Å²) in [6, 6.07) is 8.55. The maximum Gasteiger partial charge on any atom is 0.409 e. The van der Waals surface area contributed by atoms with Gasteiger partial charge in [0, 0.05) is 30.9 Å². The number of nitrogens with one attached hydrogen (secondary N) is 2. The van der Waals surface area contributed by atoms with E-state index in [1.807, 2.05) is 13.0 Å². The summed E-state index contributed by atoms with van der Waals surface area (Å²) < 4.78 is 5.08. The second-order valence-corrected chi connectivity index (χ2v) is 7.71. The summed E-state index contributed by atoms with van der Waals surface area (Å²) in [5, 5.41) is 6.96. The van der Waals surface area contributed by atoms with Crippen molar-refractivity contribution >= 4 is 23.4 Å². The van der Waals surface area contributed by atoms with Crippen molar-refractivity contribution in [2.75, 3.05) is 30.3 Å². The summed E-state index contributed by atoms with van der Waals surface area (Å²) in [6.45, 7) is 10.1. The SMILES string of the molecule is CCOC(=O)N1CCC(Nc2cc(Nc3c(C)cccc3C(C)C)ncn2)CC1. The van der Waals surface area contributed by atoms with Gasteiger partial charge in [0.1, 0.15) is 18.0 Å². The van der Waals surface area contributed by atoms with E-state index >= 15 is 0 Å². The molecule has 1 aromatic carbocycles. The first-order valence-electron chi connectivity index (χ1n) is 10.3. The van der Waals surface area contributed by atoms with Crippen LogP contribution >= 0.6 is 0 Å². The number of ether oxygens (including phenoxy) is 1. The van der Waals surface area contributed by atoms with Gasteiger partial charge < -0.3 is 20.3 Å². The number of piperidine rings is 1. The maximum absolute atomic E-state index is 11.8. The number of amides is 1. The van der Waals surface area contributed by atoms with Crippen LogP contribution < -0.4 is 10.6 Å². The number of benzene rings is 1. The Labute approximate surface area is 172 Å². The Morgan fingerprint density at radius 2 is 1.97 bits per heavy atom. The highest BCUT2D eigenvalue weighted by atomic mass is 16.6. The molecule has 3 rings (SSSR count). The number of aromatic nitrogens is 2. The van der Waals surface area contributed by atoms with Crippen molar-refractivity contribution in [1.82, 2.24) is 14.9 Å². The van der Waals surface area contributed by atoms with Crippen LogP contribution in [0.4, 0.5) is 22.1 Å². The van der Waals surface area contributed by atoms with E-state index in [0.717, 1.165) is 30.2 Å². The normalized spacial score (nSPS) is 14.7. The zero-order chi connectivity index (χ0) is 20.8. The molecular weight excluding hydrogens is 366 g/mol. The summed E-state index contributed by atoms with van der Waals surface area (Å²) in [6.07, 6.45) is 3.08. The van der Waals surface area contributed by atoms with Gasteiger partial charge in [0.25, 0.3) is 0 Å². The largest absolute Gasteiger partial charge is 0.450 e. The molecule has 0 spiro atoms. The van der Waals surface area contributed by atoms with Gasteiger partial charge in [-0.05, 0) is 43.7 Å². The van der Waals surface area contributed by atoms with Crippen LogP contribution in [0.1, 0.15) is 50.7 Å². The van der Waals surface area contributed by atoms with Crippen LogP contribution in [-0.2, 0) is 4.74 Å². The molecule has 156 valence electrons. The maximum atomic E-state index is 11.8. The lowest BCUT2D eigenvalue weighted by Crippen LogP contribution is -2.42. The van der Waals surface area contributed by atoms with Gasteiger partial charge in [-0.25, -0.2) is 14.8 Å². The van der Waals surface area contributed by atoms with Gasteiger partial charge in [0.05, 0.1) is 6.61 Å². The van der Waals surface area contributed by atoms with Crippen LogP contribution in [0.15, 0.2) is 30.6 Å². The molecule has 0 atom stereocenters. The van der Waals surface area contributed by atoms with Crippen molar-refractivity contribution in [3.05, 3.63) is 41.7 Å². The van der Waals surface area contributed by atoms with Gasteiger partial charge in [0.15, 0.2) is 0 Å². The van der Waals surface area contributed by atoms with Crippen LogP contribution in [0.2, 0.25) is 0 Å². The fourth-order valence-corrected chi connectivity index (χ4v) is 3.61. The minimum atomic E-state index is -0.223. The quantitative estimate of drug-likeness (QED) is 0.736. The van der Waals surface area contributed by atoms with Crippen molar-refractivity contribution in [1.29, 1.82) is 0 Å². The first-order chi connectivity index (χ1) is 14.0. The van der Waals surface area contributed by atoms with E-state index in [1.165, 1.54) is 11.1 Å². The van der Waals surface area contributed by atoms with Gasteiger partial charge in [-0.1, -0.05) is 32.0 Å². The number of hydrogen-bond acceptors (Lipinski definition) is 6. The molecule has 0 saturated carbocycles. The van der Waals surface area contributed by atoms with Crippen LogP contribution in [0.25, 0.3) is 0 Å². The third-order valence-corrected chi connectivity index (χ3v) is 5.22. The Kier molecular flexibility index (Phi) is 6.90. The van der Waals surface area contributed by atoms with Crippen LogP contribution in [0.5, 0.6) is 0 Å². The average Bonchev–Trinajstić information content (AvgIpc) is 2.70. The Balaban J connectivity index is 1.64. The molecule has 1 saturated heterocycles. The fraction of sp³-hybridized carbons (Fsp3) is 0.500. The third-order valence-electron chi connectivity index (χ3n) is 5.22. The molecule has 1 fully saturated rings. The summed E-state index contributed by atoms with van der Waals surface area (Å²) in [5.41, 5.74) is 3.56. The Hall–Kier alpha value is -2.83. The van der Waals surface area contributed by atoms with E-state index in [1.54, 1.807) is 11.2 Å². The predicted molar refractivity (Wildman–Crippen MR) is 116 cm³/mol. The molecule has 0 aliphatic carbocycles. The molecular formula is C22H31N5O2. The van der Waals surface area contributed by atoms with Gasteiger partial charge in [-0.3, -0.25) is 0 Å². The first kappa shape index (κ1) is 20.9. The summed E-state index contributed by atoms with van der Waals surface area (Å²) in [4.78, 5) is 22.4. The molecule has 7 nitrogen and oxygen atoms in total. The third kappa shape index (κ3) is 5.37.